The molecule has 25 heavy (non-hydrogen) atoms. The number of aliphatic hydroxyl groups is 1. The molecular formula is C18H16N4OS2. The van der Waals surface area contributed by atoms with E-state index in [1.807, 2.05) is 48.5 Å². The van der Waals surface area contributed by atoms with Crippen molar-refractivity contribution in [1.29, 1.82) is 0 Å². The van der Waals surface area contributed by atoms with Gasteiger partial charge in [-0.05, 0) is 17.7 Å². The summed E-state index contributed by atoms with van der Waals surface area (Å²) in [6, 6.07) is 17.8. The van der Waals surface area contributed by atoms with Crippen LogP contribution in [0.15, 0.2) is 71.6 Å². The fourth-order valence-electron chi connectivity index (χ4n) is 2.64. The lowest BCUT2D eigenvalue weighted by Crippen LogP contribution is -2.34. The van der Waals surface area contributed by atoms with Gasteiger partial charge in [0, 0.05) is 5.75 Å². The second-order valence-corrected chi connectivity index (χ2v) is 7.98. The van der Waals surface area contributed by atoms with Crippen molar-refractivity contribution in [3.8, 4) is 0 Å². The molecule has 0 amide bonds. The van der Waals surface area contributed by atoms with Crippen LogP contribution in [0.2, 0.25) is 0 Å². The number of fused-ring (bicyclic) bond motifs is 1. The summed E-state index contributed by atoms with van der Waals surface area (Å²) in [4.78, 5) is 8.61. The molecule has 2 aromatic carbocycles. The molecular weight excluding hydrogens is 352 g/mol. The topological polar surface area (TPSA) is 63.8 Å². The highest BCUT2D eigenvalue weighted by atomic mass is 32.2. The molecule has 2 heterocycles. The van der Waals surface area contributed by atoms with Crippen LogP contribution in [-0.4, -0.2) is 30.6 Å². The quantitative estimate of drug-likeness (QED) is 0.527. The van der Waals surface area contributed by atoms with E-state index in [4.69, 9.17) is 0 Å². The monoisotopic (exact) mass is 368 g/mol. The first-order valence-corrected chi connectivity index (χ1v) is 9.62. The van der Waals surface area contributed by atoms with E-state index in [9.17, 15) is 5.11 Å². The Morgan fingerprint density at radius 1 is 1.08 bits per heavy atom. The molecule has 7 heteroatoms. The summed E-state index contributed by atoms with van der Waals surface area (Å²) in [6.07, 6.45) is 3.10. The van der Waals surface area contributed by atoms with Gasteiger partial charge in [-0.15, -0.1) is 11.3 Å². The number of hydrogen-bond donors (Lipinski definition) is 1. The first-order valence-electron chi connectivity index (χ1n) is 7.82. The summed E-state index contributed by atoms with van der Waals surface area (Å²) >= 11 is 3.21. The molecule has 0 saturated heterocycles. The van der Waals surface area contributed by atoms with Crippen LogP contribution in [0, 0.1) is 0 Å². The van der Waals surface area contributed by atoms with Gasteiger partial charge < -0.3 is 5.11 Å². The van der Waals surface area contributed by atoms with E-state index < -0.39 is 5.60 Å². The van der Waals surface area contributed by atoms with Crippen LogP contribution in [0.1, 0.15) is 5.56 Å². The number of benzene rings is 2. The third-order valence-corrected chi connectivity index (χ3v) is 6.30. The Balaban J connectivity index is 1.59. The number of rotatable bonds is 6. The maximum Gasteiger partial charge on any atom is 0.151 e. The van der Waals surface area contributed by atoms with Gasteiger partial charge in [0.1, 0.15) is 18.3 Å². The Labute approximate surface area is 153 Å². The van der Waals surface area contributed by atoms with E-state index in [1.165, 1.54) is 6.33 Å². The number of thioether (sulfide) groups is 1. The highest BCUT2D eigenvalue weighted by molar-refractivity contribution is 8.01. The fraction of sp³-hybridized carbons (Fsp3) is 0.167. The molecule has 4 aromatic rings. The second kappa shape index (κ2) is 6.95. The molecule has 5 nitrogen and oxygen atoms in total. The summed E-state index contributed by atoms with van der Waals surface area (Å²) in [5, 5.41) is 15.5. The molecule has 0 fully saturated rings. The van der Waals surface area contributed by atoms with Crippen LogP contribution >= 0.6 is 23.1 Å². The molecule has 1 atom stereocenters. The van der Waals surface area contributed by atoms with E-state index in [2.05, 4.69) is 21.1 Å². The van der Waals surface area contributed by atoms with Crippen LogP contribution in [-0.2, 0) is 12.1 Å². The highest BCUT2D eigenvalue weighted by Crippen LogP contribution is 2.35. The van der Waals surface area contributed by atoms with Crippen molar-refractivity contribution >= 4 is 33.3 Å². The van der Waals surface area contributed by atoms with Crippen LogP contribution < -0.4 is 0 Å². The number of nitrogens with zero attached hydrogens (tertiary/aromatic N) is 4. The molecule has 0 saturated carbocycles. The Bertz CT molecular complexity index is 923. The smallest absolute Gasteiger partial charge is 0.151 e. The minimum Gasteiger partial charge on any atom is -0.382 e. The average Bonchev–Trinajstić information content (AvgIpc) is 3.30. The van der Waals surface area contributed by atoms with Gasteiger partial charge in [0.2, 0.25) is 0 Å². The molecule has 0 bridgehead atoms. The van der Waals surface area contributed by atoms with Gasteiger partial charge >= 0.3 is 0 Å². The molecule has 4 rings (SSSR count). The molecule has 0 spiro atoms. The minimum absolute atomic E-state index is 0.342. The first-order chi connectivity index (χ1) is 12.2. The largest absolute Gasteiger partial charge is 0.382 e. The number of hydrogen-bond acceptors (Lipinski definition) is 6. The molecule has 0 aliphatic heterocycles. The molecule has 1 N–H and O–H groups in total. The molecule has 0 aliphatic carbocycles. The van der Waals surface area contributed by atoms with Gasteiger partial charge in [-0.1, -0.05) is 54.2 Å². The van der Waals surface area contributed by atoms with E-state index in [1.54, 1.807) is 34.1 Å². The van der Waals surface area contributed by atoms with E-state index in [-0.39, 0.29) is 0 Å². The van der Waals surface area contributed by atoms with Crippen LogP contribution in [0.5, 0.6) is 0 Å². The number of para-hydroxylation sites is 1. The van der Waals surface area contributed by atoms with E-state index >= 15 is 0 Å². The molecule has 0 radical (unpaired) electrons. The number of aromatic nitrogens is 4. The normalized spacial score (nSPS) is 13.8. The van der Waals surface area contributed by atoms with Crippen molar-refractivity contribution in [2.45, 2.75) is 16.5 Å². The summed E-state index contributed by atoms with van der Waals surface area (Å²) in [5.74, 6) is 0.483. The summed E-state index contributed by atoms with van der Waals surface area (Å²) < 4.78 is 3.77. The maximum atomic E-state index is 11.4. The molecule has 126 valence electrons. The zero-order chi connectivity index (χ0) is 17.1. The number of thiazole rings is 1. The second-order valence-electron chi connectivity index (χ2n) is 5.73. The van der Waals surface area contributed by atoms with Gasteiger partial charge in [0.25, 0.3) is 0 Å². The molecule has 0 aliphatic rings. The predicted molar refractivity (Wildman–Crippen MR) is 101 cm³/mol. The van der Waals surface area contributed by atoms with Gasteiger partial charge in [-0.3, -0.25) is 0 Å². The molecule has 2 aromatic heterocycles. The maximum absolute atomic E-state index is 11.4. The lowest BCUT2D eigenvalue weighted by molar-refractivity contribution is 0.0396. The van der Waals surface area contributed by atoms with Gasteiger partial charge in [0.05, 0.1) is 16.8 Å². The van der Waals surface area contributed by atoms with E-state index in [0.29, 0.717) is 12.3 Å². The van der Waals surface area contributed by atoms with Crippen LogP contribution in [0.25, 0.3) is 10.2 Å². The van der Waals surface area contributed by atoms with Crippen molar-refractivity contribution in [3.05, 3.63) is 72.8 Å². The van der Waals surface area contributed by atoms with Crippen molar-refractivity contribution in [3.63, 3.8) is 0 Å². The highest BCUT2D eigenvalue weighted by Gasteiger charge is 2.31. The first kappa shape index (κ1) is 16.3. The van der Waals surface area contributed by atoms with Gasteiger partial charge in [-0.2, -0.15) is 5.10 Å². The average molecular weight is 368 g/mol. The Morgan fingerprint density at radius 3 is 2.64 bits per heavy atom. The Kier molecular flexibility index (Phi) is 4.52. The SMILES string of the molecule is OC(CSc1nc2ccccc2s1)(Cn1cncn1)c1ccccc1. The summed E-state index contributed by atoms with van der Waals surface area (Å²) in [7, 11) is 0. The van der Waals surface area contributed by atoms with E-state index in [0.717, 1.165) is 20.1 Å². The Hall–Kier alpha value is -2.22. The van der Waals surface area contributed by atoms with Gasteiger partial charge in [0.15, 0.2) is 4.34 Å². The van der Waals surface area contributed by atoms with Crippen molar-refractivity contribution in [2.24, 2.45) is 0 Å². The van der Waals surface area contributed by atoms with Gasteiger partial charge in [-0.25, -0.2) is 14.6 Å². The van der Waals surface area contributed by atoms with Crippen molar-refractivity contribution in [2.75, 3.05) is 5.75 Å². The lowest BCUT2D eigenvalue weighted by atomic mass is 9.96. The fourth-order valence-corrected chi connectivity index (χ4v) is 4.81. The van der Waals surface area contributed by atoms with Crippen LogP contribution in [0.3, 0.4) is 0 Å². The lowest BCUT2D eigenvalue weighted by Gasteiger charge is -2.27. The summed E-state index contributed by atoms with van der Waals surface area (Å²) in [6.45, 7) is 0.342. The van der Waals surface area contributed by atoms with Crippen LogP contribution in [0.4, 0.5) is 0 Å². The third kappa shape index (κ3) is 3.58. The zero-order valence-electron chi connectivity index (χ0n) is 13.3. The predicted octanol–water partition coefficient (Wildman–Crippen LogP) is 3.57. The summed E-state index contributed by atoms with van der Waals surface area (Å²) in [5.41, 5.74) is 0.797. The minimum atomic E-state index is -1.06. The van der Waals surface area contributed by atoms with Crippen molar-refractivity contribution < 1.29 is 5.11 Å². The zero-order valence-corrected chi connectivity index (χ0v) is 15.0. The standard InChI is InChI=1S/C18H16N4OS2/c23-18(10-22-13-19-12-20-22,14-6-2-1-3-7-14)11-24-17-21-15-8-4-5-9-16(15)25-17/h1-9,12-13,23H,10-11H2. The van der Waals surface area contributed by atoms with Crippen molar-refractivity contribution in [1.82, 2.24) is 19.7 Å². The Morgan fingerprint density at radius 2 is 1.88 bits per heavy atom. The molecule has 1 unspecified atom stereocenters. The third-order valence-electron chi connectivity index (χ3n) is 3.91.